The minimum atomic E-state index is -1.03. The number of urea groups is 1. The highest BCUT2D eigenvalue weighted by atomic mass is 19.1. The number of rotatable bonds is 5. The van der Waals surface area contributed by atoms with Crippen LogP contribution in [0.2, 0.25) is 0 Å². The number of carboxylic acid groups (broad SMARTS) is 1. The Hall–Kier alpha value is -3.29. The van der Waals surface area contributed by atoms with Gasteiger partial charge in [0.1, 0.15) is 5.82 Å². The van der Waals surface area contributed by atoms with Crippen molar-refractivity contribution in [2.24, 2.45) is 0 Å². The van der Waals surface area contributed by atoms with E-state index in [0.717, 1.165) is 5.56 Å². The first kappa shape index (κ1) is 19.5. The Morgan fingerprint density at radius 2 is 1.93 bits per heavy atom. The molecule has 2 aromatic rings. The van der Waals surface area contributed by atoms with Crippen LogP contribution in [0.4, 0.5) is 14.9 Å². The summed E-state index contributed by atoms with van der Waals surface area (Å²) >= 11 is 0. The van der Waals surface area contributed by atoms with E-state index in [-0.39, 0.29) is 6.42 Å². The molecule has 7 nitrogen and oxygen atoms in total. The van der Waals surface area contributed by atoms with Crippen molar-refractivity contribution in [3.8, 4) is 11.5 Å². The fourth-order valence-electron chi connectivity index (χ4n) is 3.42. The lowest BCUT2D eigenvalue weighted by Crippen LogP contribution is -2.43. The van der Waals surface area contributed by atoms with Gasteiger partial charge in [0.25, 0.3) is 0 Å². The molecule has 2 amide bonds. The summed E-state index contributed by atoms with van der Waals surface area (Å²) in [6.45, 7) is 0.321. The van der Waals surface area contributed by atoms with Crippen LogP contribution in [0.5, 0.6) is 11.5 Å². The van der Waals surface area contributed by atoms with E-state index in [2.05, 4.69) is 5.32 Å². The Bertz CT molecular complexity index is 902. The first-order valence-corrected chi connectivity index (χ1v) is 8.72. The zero-order valence-corrected chi connectivity index (χ0v) is 15.6. The molecule has 2 N–H and O–H groups in total. The summed E-state index contributed by atoms with van der Waals surface area (Å²) in [4.78, 5) is 25.7. The molecule has 0 spiro atoms. The van der Waals surface area contributed by atoms with Crippen molar-refractivity contribution < 1.29 is 28.6 Å². The number of ether oxygens (including phenoxy) is 2. The predicted molar refractivity (Wildman–Crippen MR) is 100 cm³/mol. The van der Waals surface area contributed by atoms with Gasteiger partial charge in [-0.25, -0.2) is 9.18 Å². The quantitative estimate of drug-likeness (QED) is 0.819. The molecule has 0 fully saturated rings. The largest absolute Gasteiger partial charge is 0.493 e. The predicted octanol–water partition coefficient (Wildman–Crippen LogP) is 3.45. The number of amides is 2. The van der Waals surface area contributed by atoms with E-state index in [9.17, 15) is 19.1 Å². The van der Waals surface area contributed by atoms with E-state index >= 15 is 0 Å². The summed E-state index contributed by atoms with van der Waals surface area (Å²) in [5, 5.41) is 12.0. The molecule has 3 rings (SSSR count). The maximum absolute atomic E-state index is 13.4. The highest BCUT2D eigenvalue weighted by molar-refractivity contribution is 5.90. The Kier molecular flexibility index (Phi) is 5.67. The van der Waals surface area contributed by atoms with E-state index in [1.54, 1.807) is 12.1 Å². The summed E-state index contributed by atoms with van der Waals surface area (Å²) in [5.74, 6) is -0.492. The molecule has 1 atom stereocenters. The number of carbonyl (C=O) groups excluding carboxylic acids is 1. The molecule has 148 valence electrons. The second-order valence-electron chi connectivity index (χ2n) is 6.40. The number of methoxy groups -OCH3 is 2. The van der Waals surface area contributed by atoms with Crippen molar-refractivity contribution in [1.29, 1.82) is 0 Å². The van der Waals surface area contributed by atoms with E-state index in [0.29, 0.717) is 35.7 Å². The van der Waals surface area contributed by atoms with Crippen molar-refractivity contribution in [3.05, 3.63) is 53.3 Å². The van der Waals surface area contributed by atoms with Crippen LogP contribution in [0, 0.1) is 5.82 Å². The van der Waals surface area contributed by atoms with Crippen molar-refractivity contribution in [1.82, 2.24) is 4.90 Å². The molecular weight excluding hydrogens is 367 g/mol. The number of nitrogens with one attached hydrogen (secondary N) is 1. The summed E-state index contributed by atoms with van der Waals surface area (Å²) in [5.41, 5.74) is 1.90. The van der Waals surface area contributed by atoms with Gasteiger partial charge in [0, 0.05) is 12.2 Å². The molecule has 1 aliphatic rings. The normalized spacial score (nSPS) is 15.5. The van der Waals surface area contributed by atoms with Gasteiger partial charge >= 0.3 is 12.0 Å². The first-order chi connectivity index (χ1) is 13.4. The van der Waals surface area contributed by atoms with E-state index < -0.39 is 23.9 Å². The Morgan fingerprint density at radius 3 is 2.57 bits per heavy atom. The van der Waals surface area contributed by atoms with E-state index in [1.807, 2.05) is 6.07 Å². The number of anilines is 1. The van der Waals surface area contributed by atoms with Gasteiger partial charge in [0.05, 0.1) is 26.7 Å². The molecule has 0 unspecified atom stereocenters. The molecule has 0 saturated carbocycles. The smallest absolute Gasteiger partial charge is 0.322 e. The van der Waals surface area contributed by atoms with Crippen LogP contribution < -0.4 is 14.8 Å². The van der Waals surface area contributed by atoms with E-state index in [4.69, 9.17) is 9.47 Å². The number of halogens is 1. The maximum atomic E-state index is 13.4. The number of hydrogen-bond acceptors (Lipinski definition) is 4. The zero-order chi connectivity index (χ0) is 20.3. The van der Waals surface area contributed by atoms with Gasteiger partial charge in [0.2, 0.25) is 0 Å². The average Bonchev–Trinajstić information content (AvgIpc) is 2.66. The van der Waals surface area contributed by atoms with Crippen LogP contribution >= 0.6 is 0 Å². The third-order valence-electron chi connectivity index (χ3n) is 4.71. The van der Waals surface area contributed by atoms with Crippen molar-refractivity contribution in [2.45, 2.75) is 18.9 Å². The summed E-state index contributed by atoms with van der Waals surface area (Å²) in [7, 11) is 3.02. The number of hydrogen-bond donors (Lipinski definition) is 2. The minimum absolute atomic E-state index is 0.265. The lowest BCUT2D eigenvalue weighted by molar-refractivity contribution is -0.138. The van der Waals surface area contributed by atoms with Gasteiger partial charge in [0.15, 0.2) is 11.5 Å². The number of aliphatic carboxylic acids is 1. The SMILES string of the molecule is COc1cc2c(cc1OC)[C@@H](CC(=O)O)N(C(=O)Nc1cccc(F)c1)CC2. The minimum Gasteiger partial charge on any atom is -0.493 e. The van der Waals surface area contributed by atoms with Crippen molar-refractivity contribution in [3.63, 3.8) is 0 Å². The van der Waals surface area contributed by atoms with Gasteiger partial charge in [-0.15, -0.1) is 0 Å². The number of nitrogens with zero attached hydrogens (tertiary/aromatic N) is 1. The topological polar surface area (TPSA) is 88.1 Å². The van der Waals surface area contributed by atoms with Gasteiger partial charge in [-0.05, 0) is 47.9 Å². The van der Waals surface area contributed by atoms with Gasteiger partial charge < -0.3 is 24.8 Å². The molecule has 8 heteroatoms. The third-order valence-corrected chi connectivity index (χ3v) is 4.71. The number of benzene rings is 2. The van der Waals surface area contributed by atoms with Gasteiger partial charge in [-0.3, -0.25) is 4.79 Å². The zero-order valence-electron chi connectivity index (χ0n) is 15.6. The van der Waals surface area contributed by atoms with Crippen molar-refractivity contribution in [2.75, 3.05) is 26.1 Å². The highest BCUT2D eigenvalue weighted by Gasteiger charge is 2.33. The van der Waals surface area contributed by atoms with Crippen LogP contribution in [-0.2, 0) is 11.2 Å². The number of carbonyl (C=O) groups is 2. The molecular formula is C20H21FN2O5. The molecule has 1 heterocycles. The molecule has 0 saturated heterocycles. The summed E-state index contributed by atoms with van der Waals surface area (Å²) in [6.07, 6.45) is 0.265. The van der Waals surface area contributed by atoms with Gasteiger partial charge in [-0.1, -0.05) is 6.07 Å². The highest BCUT2D eigenvalue weighted by Crippen LogP contribution is 2.39. The standard InChI is InChI=1S/C20H21FN2O5/c1-27-17-8-12-6-7-23(20(26)22-14-5-3-4-13(21)9-14)16(11-19(24)25)15(12)10-18(17)28-2/h3-5,8-10,16H,6-7,11H2,1-2H3,(H,22,26)(H,24,25)/t16-/m1/s1. The van der Waals surface area contributed by atoms with Crippen LogP contribution in [-0.4, -0.2) is 42.8 Å². The number of carboxylic acids is 1. The molecule has 2 aromatic carbocycles. The lowest BCUT2D eigenvalue weighted by atomic mass is 9.90. The maximum Gasteiger partial charge on any atom is 0.322 e. The Morgan fingerprint density at radius 1 is 1.21 bits per heavy atom. The Labute approximate surface area is 161 Å². The first-order valence-electron chi connectivity index (χ1n) is 8.72. The molecule has 1 aliphatic heterocycles. The summed E-state index contributed by atoms with van der Waals surface area (Å²) < 4.78 is 24.0. The second-order valence-corrected chi connectivity index (χ2v) is 6.40. The third kappa shape index (κ3) is 4.00. The van der Waals surface area contributed by atoms with Crippen LogP contribution in [0.15, 0.2) is 36.4 Å². The van der Waals surface area contributed by atoms with Crippen LogP contribution in [0.3, 0.4) is 0 Å². The average molecular weight is 388 g/mol. The van der Waals surface area contributed by atoms with Crippen LogP contribution in [0.1, 0.15) is 23.6 Å². The number of fused-ring (bicyclic) bond motifs is 1. The van der Waals surface area contributed by atoms with Gasteiger partial charge in [-0.2, -0.15) is 0 Å². The summed E-state index contributed by atoms with van der Waals surface area (Å²) in [6, 6.07) is 7.89. The molecule has 0 aliphatic carbocycles. The van der Waals surface area contributed by atoms with E-state index in [1.165, 1.54) is 37.3 Å². The Balaban J connectivity index is 1.94. The molecule has 0 aromatic heterocycles. The molecule has 0 radical (unpaired) electrons. The second kappa shape index (κ2) is 8.16. The van der Waals surface area contributed by atoms with Crippen molar-refractivity contribution >= 4 is 17.7 Å². The molecule has 28 heavy (non-hydrogen) atoms. The monoisotopic (exact) mass is 388 g/mol. The fraction of sp³-hybridized carbons (Fsp3) is 0.300. The molecule has 0 bridgehead atoms. The fourth-order valence-corrected chi connectivity index (χ4v) is 3.42. The lowest BCUT2D eigenvalue weighted by Gasteiger charge is -2.37. The van der Waals surface area contributed by atoms with Crippen LogP contribution in [0.25, 0.3) is 0 Å².